The molecule has 0 aromatic rings. The Bertz CT molecular complexity index is 268. The van der Waals surface area contributed by atoms with Crippen molar-refractivity contribution in [1.29, 1.82) is 0 Å². The number of carbonyl (C=O) groups is 1. The average molecular weight is 194 g/mol. The van der Waals surface area contributed by atoms with Crippen molar-refractivity contribution in [2.75, 3.05) is 0 Å². The molecule has 0 amide bonds. The van der Waals surface area contributed by atoms with Gasteiger partial charge in [0, 0.05) is 5.92 Å². The van der Waals surface area contributed by atoms with Gasteiger partial charge in [0.1, 0.15) is 5.78 Å². The van der Waals surface area contributed by atoms with Crippen LogP contribution in [0.1, 0.15) is 39.0 Å². The molecule has 2 unspecified atom stereocenters. The molecular weight excluding hydrogens is 176 g/mol. The van der Waals surface area contributed by atoms with Crippen LogP contribution >= 0.6 is 0 Å². The predicted molar refractivity (Wildman–Crippen MR) is 52.7 cm³/mol. The number of hydrogen-bond acceptors (Lipinski definition) is 2. The zero-order valence-electron chi connectivity index (χ0n) is 8.70. The predicted octanol–water partition coefficient (Wildman–Crippen LogP) is 1.76. The lowest BCUT2D eigenvalue weighted by Crippen LogP contribution is -2.56. The van der Waals surface area contributed by atoms with Gasteiger partial charge >= 0.3 is 0 Å². The molecule has 2 heteroatoms. The lowest BCUT2D eigenvalue weighted by atomic mass is 9.49. The molecule has 0 saturated heterocycles. The smallest absolute Gasteiger partial charge is 0.133 e. The second-order valence-corrected chi connectivity index (χ2v) is 5.83. The van der Waals surface area contributed by atoms with E-state index in [1.54, 1.807) is 6.92 Å². The molecule has 4 aliphatic carbocycles. The minimum atomic E-state index is -0.386. The average Bonchev–Trinajstić information content (AvgIpc) is 1.97. The minimum absolute atomic E-state index is 0.284. The zero-order valence-corrected chi connectivity index (χ0v) is 8.70. The van der Waals surface area contributed by atoms with E-state index in [0.29, 0.717) is 23.5 Å². The highest BCUT2D eigenvalue weighted by atomic mass is 16.3. The van der Waals surface area contributed by atoms with Crippen LogP contribution in [0.25, 0.3) is 0 Å². The first-order valence-electron chi connectivity index (χ1n) is 5.80. The van der Waals surface area contributed by atoms with Gasteiger partial charge in [0.05, 0.1) is 5.60 Å². The Morgan fingerprint density at radius 3 is 2.21 bits per heavy atom. The van der Waals surface area contributed by atoms with Crippen molar-refractivity contribution in [3.63, 3.8) is 0 Å². The van der Waals surface area contributed by atoms with Gasteiger partial charge in [0.15, 0.2) is 0 Å². The zero-order chi connectivity index (χ0) is 9.92. The van der Waals surface area contributed by atoms with Gasteiger partial charge in [-0.05, 0) is 56.8 Å². The van der Waals surface area contributed by atoms with Crippen LogP contribution in [0.4, 0.5) is 0 Å². The summed E-state index contributed by atoms with van der Waals surface area (Å²) in [6, 6.07) is 0. The minimum Gasteiger partial charge on any atom is -0.390 e. The molecule has 4 fully saturated rings. The normalized spacial score (nSPS) is 55.0. The number of carbonyl (C=O) groups excluding carboxylic acids is 1. The molecule has 78 valence electrons. The maximum Gasteiger partial charge on any atom is 0.133 e. The molecular formula is C12H18O2. The number of aliphatic hydroxyl groups is 1. The second-order valence-electron chi connectivity index (χ2n) is 5.83. The Morgan fingerprint density at radius 2 is 1.79 bits per heavy atom. The van der Waals surface area contributed by atoms with E-state index in [0.717, 1.165) is 19.3 Å². The first-order chi connectivity index (χ1) is 6.57. The lowest BCUT2D eigenvalue weighted by Gasteiger charge is -2.57. The largest absolute Gasteiger partial charge is 0.390 e. The van der Waals surface area contributed by atoms with Crippen molar-refractivity contribution >= 4 is 5.78 Å². The van der Waals surface area contributed by atoms with Crippen LogP contribution < -0.4 is 0 Å². The van der Waals surface area contributed by atoms with Gasteiger partial charge in [-0.2, -0.15) is 0 Å². The van der Waals surface area contributed by atoms with Crippen LogP contribution in [0.15, 0.2) is 0 Å². The van der Waals surface area contributed by atoms with Crippen LogP contribution in [0, 0.1) is 23.7 Å². The molecule has 4 rings (SSSR count). The molecule has 0 aliphatic heterocycles. The van der Waals surface area contributed by atoms with Crippen LogP contribution in [0.3, 0.4) is 0 Å². The van der Waals surface area contributed by atoms with E-state index in [4.69, 9.17) is 0 Å². The maximum atomic E-state index is 11.6. The standard InChI is InChI=1S/C12H18O2/c1-7(13)11-9-2-8-3-10(11)6-12(14,4-8)5-9/h8-11,14H,2-6H2,1H3. The van der Waals surface area contributed by atoms with Gasteiger partial charge in [-0.3, -0.25) is 4.79 Å². The third-order valence-electron chi connectivity index (χ3n) is 4.71. The van der Waals surface area contributed by atoms with Gasteiger partial charge in [-0.1, -0.05) is 0 Å². The number of rotatable bonds is 1. The van der Waals surface area contributed by atoms with E-state index in [2.05, 4.69) is 0 Å². The molecule has 1 N–H and O–H groups in total. The third-order valence-corrected chi connectivity index (χ3v) is 4.71. The Hall–Kier alpha value is -0.370. The highest BCUT2D eigenvalue weighted by Crippen LogP contribution is 2.58. The fourth-order valence-electron chi connectivity index (χ4n) is 4.65. The fraction of sp³-hybridized carbons (Fsp3) is 0.917. The summed E-state index contributed by atoms with van der Waals surface area (Å²) in [5.74, 6) is 2.37. The van der Waals surface area contributed by atoms with E-state index in [-0.39, 0.29) is 11.5 Å². The summed E-state index contributed by atoms with van der Waals surface area (Å²) in [6.45, 7) is 1.73. The van der Waals surface area contributed by atoms with E-state index < -0.39 is 0 Å². The van der Waals surface area contributed by atoms with E-state index in [1.807, 2.05) is 0 Å². The van der Waals surface area contributed by atoms with E-state index in [9.17, 15) is 9.90 Å². The quantitative estimate of drug-likeness (QED) is 0.690. The van der Waals surface area contributed by atoms with E-state index in [1.165, 1.54) is 12.8 Å². The number of Topliss-reactive ketones (excluding diaryl/α,β-unsaturated/α-hetero) is 1. The van der Waals surface area contributed by atoms with Crippen molar-refractivity contribution in [3.8, 4) is 0 Å². The fourth-order valence-corrected chi connectivity index (χ4v) is 4.65. The summed E-state index contributed by atoms with van der Waals surface area (Å²) in [7, 11) is 0. The van der Waals surface area contributed by atoms with Crippen molar-refractivity contribution in [3.05, 3.63) is 0 Å². The summed E-state index contributed by atoms with van der Waals surface area (Å²) in [5, 5.41) is 10.3. The third kappa shape index (κ3) is 1.10. The van der Waals surface area contributed by atoms with Crippen molar-refractivity contribution in [1.82, 2.24) is 0 Å². The van der Waals surface area contributed by atoms with E-state index >= 15 is 0 Å². The van der Waals surface area contributed by atoms with Gasteiger partial charge in [0.2, 0.25) is 0 Å². The summed E-state index contributed by atoms with van der Waals surface area (Å²) in [5.41, 5.74) is -0.386. The Balaban J connectivity index is 1.93. The summed E-state index contributed by atoms with van der Waals surface area (Å²) in [4.78, 5) is 11.6. The molecule has 0 spiro atoms. The molecule has 0 aromatic carbocycles. The van der Waals surface area contributed by atoms with Gasteiger partial charge in [-0.25, -0.2) is 0 Å². The highest BCUT2D eigenvalue weighted by molar-refractivity contribution is 5.79. The van der Waals surface area contributed by atoms with Crippen LogP contribution in [0.5, 0.6) is 0 Å². The molecule has 0 radical (unpaired) electrons. The van der Waals surface area contributed by atoms with Crippen molar-refractivity contribution < 1.29 is 9.90 Å². The number of ketones is 1. The van der Waals surface area contributed by atoms with Crippen molar-refractivity contribution in [2.24, 2.45) is 23.7 Å². The Kier molecular flexibility index (Phi) is 1.65. The highest BCUT2D eigenvalue weighted by Gasteiger charge is 2.55. The monoisotopic (exact) mass is 194 g/mol. The van der Waals surface area contributed by atoms with Gasteiger partial charge in [-0.15, -0.1) is 0 Å². The second kappa shape index (κ2) is 2.60. The summed E-state index contributed by atoms with van der Waals surface area (Å²) < 4.78 is 0. The lowest BCUT2D eigenvalue weighted by molar-refractivity contribution is -0.162. The molecule has 4 bridgehead atoms. The maximum absolute atomic E-state index is 11.6. The Labute approximate surface area is 84.7 Å². The molecule has 0 heterocycles. The molecule has 2 nitrogen and oxygen atoms in total. The summed E-state index contributed by atoms with van der Waals surface area (Å²) >= 11 is 0. The molecule has 14 heavy (non-hydrogen) atoms. The van der Waals surface area contributed by atoms with Crippen LogP contribution in [-0.2, 0) is 4.79 Å². The van der Waals surface area contributed by atoms with Crippen LogP contribution in [0.2, 0.25) is 0 Å². The van der Waals surface area contributed by atoms with Crippen LogP contribution in [-0.4, -0.2) is 16.5 Å². The first kappa shape index (κ1) is 8.90. The van der Waals surface area contributed by atoms with Gasteiger partial charge < -0.3 is 5.11 Å². The topological polar surface area (TPSA) is 37.3 Å². The molecule has 2 atom stereocenters. The molecule has 0 aromatic heterocycles. The van der Waals surface area contributed by atoms with Crippen molar-refractivity contribution in [2.45, 2.75) is 44.6 Å². The van der Waals surface area contributed by atoms with Gasteiger partial charge in [0.25, 0.3) is 0 Å². The first-order valence-corrected chi connectivity index (χ1v) is 5.80. The SMILES string of the molecule is CC(=O)C1C2CC3CC1CC(O)(C3)C2. The Morgan fingerprint density at radius 1 is 1.21 bits per heavy atom. The molecule has 4 aliphatic rings. The molecule has 4 saturated carbocycles. The number of hydrogen-bond donors (Lipinski definition) is 1. The summed E-state index contributed by atoms with van der Waals surface area (Å²) in [6.07, 6.45) is 5.19.